The second-order valence-corrected chi connectivity index (χ2v) is 10.0. The van der Waals surface area contributed by atoms with E-state index in [1.165, 1.54) is 16.2 Å². The van der Waals surface area contributed by atoms with Gasteiger partial charge in [-0.25, -0.2) is 0 Å². The zero-order valence-corrected chi connectivity index (χ0v) is 20.5. The third-order valence-electron chi connectivity index (χ3n) is 5.56. The number of pyridine rings is 1. The number of aryl methyl sites for hydroxylation is 1. The van der Waals surface area contributed by atoms with Gasteiger partial charge < -0.3 is 15.1 Å². The van der Waals surface area contributed by atoms with Crippen molar-refractivity contribution in [3.8, 4) is 11.6 Å². The summed E-state index contributed by atoms with van der Waals surface area (Å²) in [5.41, 5.74) is 3.25. The molecule has 35 heavy (non-hydrogen) atoms. The molecule has 0 bridgehead atoms. The maximum atomic E-state index is 13.2. The first kappa shape index (κ1) is 23.3. The number of carbonyl (C=O) groups is 2. The lowest BCUT2D eigenvalue weighted by Crippen LogP contribution is -2.25. The van der Waals surface area contributed by atoms with E-state index in [0.29, 0.717) is 28.7 Å². The second kappa shape index (κ2) is 10.8. The average Bonchev–Trinajstić information content (AvgIpc) is 3.52. The molecule has 2 N–H and O–H groups in total. The molecule has 0 saturated heterocycles. The first-order valence-electron chi connectivity index (χ1n) is 11.3. The third kappa shape index (κ3) is 5.60. The first-order chi connectivity index (χ1) is 17.2. The molecule has 178 valence electrons. The Morgan fingerprint density at radius 2 is 1.86 bits per heavy atom. The van der Waals surface area contributed by atoms with E-state index in [9.17, 15) is 9.59 Å². The summed E-state index contributed by atoms with van der Waals surface area (Å²) in [6, 6.07) is 15.2. The van der Waals surface area contributed by atoms with Crippen LogP contribution in [0.2, 0.25) is 0 Å². The van der Waals surface area contributed by atoms with Gasteiger partial charge in [0.05, 0.1) is 11.3 Å². The summed E-state index contributed by atoms with van der Waals surface area (Å²) >= 11 is 2.65. The normalized spacial score (nSPS) is 12.7. The van der Waals surface area contributed by atoms with Crippen LogP contribution in [-0.2, 0) is 24.2 Å². The number of thiophene rings is 1. The molecule has 0 fully saturated rings. The van der Waals surface area contributed by atoms with E-state index in [4.69, 9.17) is 4.42 Å². The molecule has 2 amide bonds. The van der Waals surface area contributed by atoms with E-state index >= 15 is 0 Å². The molecule has 0 radical (unpaired) electrons. The van der Waals surface area contributed by atoms with Crippen LogP contribution in [0.5, 0.6) is 0 Å². The molecule has 0 aliphatic heterocycles. The van der Waals surface area contributed by atoms with Crippen LogP contribution in [0.25, 0.3) is 11.6 Å². The summed E-state index contributed by atoms with van der Waals surface area (Å²) in [5.74, 6) is -0.00877. The third-order valence-corrected chi connectivity index (χ3v) is 7.59. The summed E-state index contributed by atoms with van der Waals surface area (Å²) in [6.45, 7) is 0.434. The van der Waals surface area contributed by atoms with Crippen molar-refractivity contribution in [1.29, 1.82) is 0 Å². The molecular formula is C25H23N5O3S2. The topological polar surface area (TPSA) is 110 Å². The molecule has 1 aromatic carbocycles. The van der Waals surface area contributed by atoms with E-state index in [0.717, 1.165) is 48.6 Å². The average molecular weight is 506 g/mol. The molecule has 0 spiro atoms. The van der Waals surface area contributed by atoms with Gasteiger partial charge in [0.1, 0.15) is 10.7 Å². The van der Waals surface area contributed by atoms with Gasteiger partial charge in [-0.15, -0.1) is 21.5 Å². The predicted molar refractivity (Wildman–Crippen MR) is 135 cm³/mol. The van der Waals surface area contributed by atoms with E-state index < -0.39 is 0 Å². The van der Waals surface area contributed by atoms with E-state index in [2.05, 4.69) is 25.8 Å². The number of rotatable bonds is 8. The van der Waals surface area contributed by atoms with Crippen LogP contribution in [0, 0.1) is 0 Å². The number of fused-ring (bicyclic) bond motifs is 1. The lowest BCUT2D eigenvalue weighted by Gasteiger charge is -2.13. The SMILES string of the molecule is O=C(CSc1nnc(-c2ccccn2)o1)Nc1sc2c(c1C(=O)NCc1ccccc1)CCCC2. The van der Waals surface area contributed by atoms with Gasteiger partial charge in [0.15, 0.2) is 0 Å². The molecule has 0 saturated carbocycles. The van der Waals surface area contributed by atoms with E-state index in [1.807, 2.05) is 36.4 Å². The lowest BCUT2D eigenvalue weighted by molar-refractivity contribution is -0.113. The molecule has 1 aliphatic rings. The Hall–Kier alpha value is -3.50. The van der Waals surface area contributed by atoms with Crippen molar-refractivity contribution >= 4 is 39.9 Å². The molecule has 8 nitrogen and oxygen atoms in total. The number of hydrogen-bond donors (Lipinski definition) is 2. The summed E-state index contributed by atoms with van der Waals surface area (Å²) in [6.07, 6.45) is 5.57. The summed E-state index contributed by atoms with van der Waals surface area (Å²) in [5, 5.41) is 14.8. The Labute approximate surface area is 210 Å². The highest BCUT2D eigenvalue weighted by molar-refractivity contribution is 7.99. The number of carbonyl (C=O) groups excluding carboxylic acids is 2. The highest BCUT2D eigenvalue weighted by atomic mass is 32.2. The molecule has 4 aromatic rings. The molecule has 3 aromatic heterocycles. The van der Waals surface area contributed by atoms with Crippen LogP contribution in [0.15, 0.2) is 64.4 Å². The lowest BCUT2D eigenvalue weighted by atomic mass is 9.95. The maximum Gasteiger partial charge on any atom is 0.277 e. The minimum Gasteiger partial charge on any atom is -0.410 e. The monoisotopic (exact) mass is 505 g/mol. The van der Waals surface area contributed by atoms with Gasteiger partial charge in [-0.05, 0) is 48.9 Å². The van der Waals surface area contributed by atoms with Crippen LogP contribution in [-0.4, -0.2) is 32.7 Å². The minimum absolute atomic E-state index is 0.0808. The summed E-state index contributed by atoms with van der Waals surface area (Å²) < 4.78 is 5.61. The molecular weight excluding hydrogens is 482 g/mol. The highest BCUT2D eigenvalue weighted by Gasteiger charge is 2.26. The fourth-order valence-corrected chi connectivity index (χ4v) is 5.78. The Balaban J connectivity index is 1.25. The van der Waals surface area contributed by atoms with Gasteiger partial charge >= 0.3 is 0 Å². The number of aromatic nitrogens is 3. The molecule has 10 heteroatoms. The van der Waals surface area contributed by atoms with Crippen LogP contribution < -0.4 is 10.6 Å². The number of nitrogens with one attached hydrogen (secondary N) is 2. The number of amides is 2. The van der Waals surface area contributed by atoms with Gasteiger partial charge in [0.2, 0.25) is 5.91 Å². The Kier molecular flexibility index (Phi) is 7.20. The molecule has 0 unspecified atom stereocenters. The number of thioether (sulfide) groups is 1. The van der Waals surface area contributed by atoms with Crippen molar-refractivity contribution in [1.82, 2.24) is 20.5 Å². The van der Waals surface area contributed by atoms with Crippen molar-refractivity contribution in [2.24, 2.45) is 0 Å². The van der Waals surface area contributed by atoms with Gasteiger partial charge in [0, 0.05) is 17.6 Å². The zero-order valence-electron chi connectivity index (χ0n) is 18.8. The fraction of sp³-hybridized carbons (Fsp3) is 0.240. The molecule has 5 rings (SSSR count). The van der Waals surface area contributed by atoms with Crippen molar-refractivity contribution in [2.75, 3.05) is 11.1 Å². The number of anilines is 1. The fourth-order valence-electron chi connectivity index (χ4n) is 3.91. The smallest absolute Gasteiger partial charge is 0.277 e. The van der Waals surface area contributed by atoms with Crippen molar-refractivity contribution in [3.05, 3.63) is 76.3 Å². The van der Waals surface area contributed by atoms with Crippen LogP contribution in [0.1, 0.15) is 39.2 Å². The molecule has 1 aliphatic carbocycles. The predicted octanol–water partition coefficient (Wildman–Crippen LogP) is 4.73. The standard InChI is InChI=1S/C25H23N5O3S2/c31-20(15-34-25-30-29-23(33-25)18-11-6-7-13-26-18)28-24-21(17-10-4-5-12-19(17)35-24)22(32)27-14-16-8-2-1-3-9-16/h1-3,6-9,11,13H,4-5,10,12,14-15H2,(H,27,32)(H,28,31). The Morgan fingerprint density at radius 1 is 1.03 bits per heavy atom. The van der Waals surface area contributed by atoms with Gasteiger partial charge in [-0.3, -0.25) is 14.6 Å². The van der Waals surface area contributed by atoms with Crippen LogP contribution in [0.3, 0.4) is 0 Å². The first-order valence-corrected chi connectivity index (χ1v) is 13.1. The van der Waals surface area contributed by atoms with Crippen molar-refractivity contribution in [3.63, 3.8) is 0 Å². The van der Waals surface area contributed by atoms with Crippen molar-refractivity contribution < 1.29 is 14.0 Å². The van der Waals surface area contributed by atoms with Crippen LogP contribution in [0.4, 0.5) is 5.00 Å². The summed E-state index contributed by atoms with van der Waals surface area (Å²) in [7, 11) is 0. The van der Waals surface area contributed by atoms with Gasteiger partial charge in [-0.1, -0.05) is 48.2 Å². The van der Waals surface area contributed by atoms with Crippen LogP contribution >= 0.6 is 23.1 Å². The highest BCUT2D eigenvalue weighted by Crippen LogP contribution is 2.38. The number of nitrogens with zero attached hydrogens (tertiary/aromatic N) is 3. The summed E-state index contributed by atoms with van der Waals surface area (Å²) in [4.78, 5) is 31.3. The zero-order chi connectivity index (χ0) is 24.0. The number of hydrogen-bond acceptors (Lipinski definition) is 8. The molecule has 3 heterocycles. The Morgan fingerprint density at radius 3 is 2.69 bits per heavy atom. The van der Waals surface area contributed by atoms with E-state index in [-0.39, 0.29) is 22.8 Å². The maximum absolute atomic E-state index is 13.2. The second-order valence-electron chi connectivity index (χ2n) is 8.01. The van der Waals surface area contributed by atoms with Crippen molar-refractivity contribution in [2.45, 2.75) is 37.5 Å². The Bertz CT molecular complexity index is 1320. The molecule has 0 atom stereocenters. The number of benzene rings is 1. The minimum atomic E-state index is -0.233. The largest absolute Gasteiger partial charge is 0.410 e. The quantitative estimate of drug-likeness (QED) is 0.333. The van der Waals surface area contributed by atoms with Gasteiger partial charge in [-0.2, -0.15) is 0 Å². The van der Waals surface area contributed by atoms with Gasteiger partial charge in [0.25, 0.3) is 17.0 Å². The van der Waals surface area contributed by atoms with E-state index in [1.54, 1.807) is 18.3 Å².